The van der Waals surface area contributed by atoms with Crippen LogP contribution in [0.25, 0.3) is 10.9 Å². The predicted molar refractivity (Wildman–Crippen MR) is 102 cm³/mol. The standard InChI is InChI=1S/C21H18NOP/c1-16-21(19-14-8-9-15-20(19)22-16)24(23,17-10-4-2-5-11-17)18-12-6-3-7-13-18/h2-15,22H,1H3. The second-order valence-electron chi connectivity index (χ2n) is 5.92. The Labute approximate surface area is 141 Å². The summed E-state index contributed by atoms with van der Waals surface area (Å²) in [4.78, 5) is 3.40. The molecule has 0 saturated carbocycles. The Morgan fingerprint density at radius 1 is 0.708 bits per heavy atom. The van der Waals surface area contributed by atoms with Gasteiger partial charge in [-0.1, -0.05) is 78.9 Å². The molecule has 0 fully saturated rings. The number of hydrogen-bond acceptors (Lipinski definition) is 1. The van der Waals surface area contributed by atoms with E-state index in [9.17, 15) is 4.57 Å². The quantitative estimate of drug-likeness (QED) is 0.563. The van der Waals surface area contributed by atoms with E-state index < -0.39 is 7.14 Å². The average Bonchev–Trinajstić information content (AvgIpc) is 2.99. The van der Waals surface area contributed by atoms with E-state index in [0.29, 0.717) is 0 Å². The zero-order chi connectivity index (χ0) is 16.6. The molecule has 4 rings (SSSR count). The molecule has 0 aliphatic rings. The molecule has 1 N–H and O–H groups in total. The van der Waals surface area contributed by atoms with Crippen LogP contribution in [0.4, 0.5) is 0 Å². The van der Waals surface area contributed by atoms with E-state index in [-0.39, 0.29) is 0 Å². The topological polar surface area (TPSA) is 32.9 Å². The number of hydrogen-bond donors (Lipinski definition) is 1. The first-order valence-electron chi connectivity index (χ1n) is 8.00. The molecule has 0 amide bonds. The maximum atomic E-state index is 14.5. The minimum absolute atomic E-state index is 0.865. The summed E-state index contributed by atoms with van der Waals surface area (Å²) in [6.45, 7) is 2.01. The molecule has 118 valence electrons. The van der Waals surface area contributed by atoms with Crippen LogP contribution in [0.5, 0.6) is 0 Å². The summed E-state index contributed by atoms with van der Waals surface area (Å²) in [5.74, 6) is 0. The molecule has 0 unspecified atom stereocenters. The summed E-state index contributed by atoms with van der Waals surface area (Å²) in [6, 6.07) is 27.7. The summed E-state index contributed by atoms with van der Waals surface area (Å²) in [5, 5.41) is 3.68. The number of aromatic nitrogens is 1. The number of aromatic amines is 1. The number of nitrogens with one attached hydrogen (secondary N) is 1. The second kappa shape index (κ2) is 5.81. The average molecular weight is 331 g/mol. The first-order valence-corrected chi connectivity index (χ1v) is 9.71. The van der Waals surface area contributed by atoms with E-state index in [1.807, 2.05) is 91.9 Å². The summed E-state index contributed by atoms with van der Waals surface area (Å²) >= 11 is 0. The molecule has 3 heteroatoms. The van der Waals surface area contributed by atoms with Gasteiger partial charge < -0.3 is 9.55 Å². The smallest absolute Gasteiger partial charge is 0.173 e. The van der Waals surface area contributed by atoms with E-state index in [2.05, 4.69) is 4.98 Å². The molecule has 0 spiro atoms. The molecular weight excluding hydrogens is 313 g/mol. The third-order valence-electron chi connectivity index (χ3n) is 4.41. The van der Waals surface area contributed by atoms with Crippen LogP contribution < -0.4 is 15.9 Å². The van der Waals surface area contributed by atoms with Crippen LogP contribution in [0.15, 0.2) is 84.9 Å². The van der Waals surface area contributed by atoms with Gasteiger partial charge in [0.15, 0.2) is 7.14 Å². The lowest BCUT2D eigenvalue weighted by Crippen LogP contribution is -2.26. The highest BCUT2D eigenvalue weighted by Crippen LogP contribution is 2.45. The van der Waals surface area contributed by atoms with E-state index in [1.54, 1.807) is 0 Å². The molecule has 0 aliphatic carbocycles. The Morgan fingerprint density at radius 2 is 1.21 bits per heavy atom. The van der Waals surface area contributed by atoms with Crippen LogP contribution in [0, 0.1) is 6.92 Å². The minimum Gasteiger partial charge on any atom is -0.358 e. The fourth-order valence-corrected chi connectivity index (χ4v) is 6.41. The van der Waals surface area contributed by atoms with Crippen molar-refractivity contribution in [2.45, 2.75) is 6.92 Å². The maximum Gasteiger partial charge on any atom is 0.173 e. The monoisotopic (exact) mass is 331 g/mol. The van der Waals surface area contributed by atoms with Crippen molar-refractivity contribution < 1.29 is 4.57 Å². The SMILES string of the molecule is Cc1[nH]c2ccccc2c1P(=O)(c1ccccc1)c1ccccc1. The summed E-state index contributed by atoms with van der Waals surface area (Å²) in [6.07, 6.45) is 0. The highest BCUT2D eigenvalue weighted by Gasteiger charge is 2.33. The predicted octanol–water partition coefficient (Wildman–Crippen LogP) is 4.12. The van der Waals surface area contributed by atoms with Crippen molar-refractivity contribution >= 4 is 34.0 Å². The lowest BCUT2D eigenvalue weighted by Gasteiger charge is -2.20. The first-order chi connectivity index (χ1) is 11.7. The van der Waals surface area contributed by atoms with Crippen LogP contribution in [0.3, 0.4) is 0 Å². The molecule has 1 heterocycles. The number of para-hydroxylation sites is 1. The molecule has 0 aliphatic heterocycles. The van der Waals surface area contributed by atoms with Gasteiger partial charge in [-0.2, -0.15) is 0 Å². The fourth-order valence-electron chi connectivity index (χ4n) is 3.35. The molecule has 0 bridgehead atoms. The highest BCUT2D eigenvalue weighted by molar-refractivity contribution is 7.85. The van der Waals surface area contributed by atoms with Crippen molar-refractivity contribution in [3.63, 3.8) is 0 Å². The fraction of sp³-hybridized carbons (Fsp3) is 0.0476. The molecule has 3 aromatic carbocycles. The zero-order valence-corrected chi connectivity index (χ0v) is 14.3. The van der Waals surface area contributed by atoms with Gasteiger partial charge in [-0.3, -0.25) is 0 Å². The van der Waals surface area contributed by atoms with Crippen LogP contribution in [0.1, 0.15) is 5.69 Å². The van der Waals surface area contributed by atoms with Crippen molar-refractivity contribution in [2.75, 3.05) is 0 Å². The number of rotatable bonds is 3. The summed E-state index contributed by atoms with van der Waals surface area (Å²) in [5.41, 5.74) is 1.99. The minimum atomic E-state index is -2.94. The molecule has 2 nitrogen and oxygen atoms in total. The van der Waals surface area contributed by atoms with Crippen LogP contribution in [-0.2, 0) is 4.57 Å². The van der Waals surface area contributed by atoms with Gasteiger partial charge in [0.1, 0.15) is 0 Å². The molecule has 0 atom stereocenters. The largest absolute Gasteiger partial charge is 0.358 e. The lowest BCUT2D eigenvalue weighted by molar-refractivity contribution is 0.592. The van der Waals surface area contributed by atoms with E-state index >= 15 is 0 Å². The Hall–Kier alpha value is -2.57. The van der Waals surface area contributed by atoms with Crippen molar-refractivity contribution in [3.8, 4) is 0 Å². The van der Waals surface area contributed by atoms with Gasteiger partial charge in [0.2, 0.25) is 0 Å². The van der Waals surface area contributed by atoms with Gasteiger partial charge in [0, 0.05) is 32.5 Å². The van der Waals surface area contributed by atoms with E-state index in [4.69, 9.17) is 0 Å². The van der Waals surface area contributed by atoms with Crippen molar-refractivity contribution in [3.05, 3.63) is 90.6 Å². The molecule has 24 heavy (non-hydrogen) atoms. The van der Waals surface area contributed by atoms with Crippen molar-refractivity contribution in [1.29, 1.82) is 0 Å². The van der Waals surface area contributed by atoms with Gasteiger partial charge in [-0.15, -0.1) is 0 Å². The molecule has 0 saturated heterocycles. The lowest BCUT2D eigenvalue weighted by atomic mass is 10.2. The van der Waals surface area contributed by atoms with E-state index in [0.717, 1.165) is 32.5 Å². The number of aryl methyl sites for hydroxylation is 1. The van der Waals surface area contributed by atoms with Gasteiger partial charge in [-0.25, -0.2) is 0 Å². The normalized spacial score (nSPS) is 11.7. The van der Waals surface area contributed by atoms with Gasteiger partial charge in [-0.05, 0) is 13.0 Å². The zero-order valence-electron chi connectivity index (χ0n) is 13.4. The summed E-state index contributed by atoms with van der Waals surface area (Å²) in [7, 11) is -2.94. The number of H-pyrrole nitrogens is 1. The molecule has 4 aromatic rings. The summed E-state index contributed by atoms with van der Waals surface area (Å²) < 4.78 is 14.5. The van der Waals surface area contributed by atoms with Gasteiger partial charge in [0.25, 0.3) is 0 Å². The van der Waals surface area contributed by atoms with Crippen molar-refractivity contribution in [2.24, 2.45) is 0 Å². The van der Waals surface area contributed by atoms with Crippen LogP contribution in [0.2, 0.25) is 0 Å². The van der Waals surface area contributed by atoms with Crippen LogP contribution in [-0.4, -0.2) is 4.98 Å². The van der Waals surface area contributed by atoms with Crippen LogP contribution >= 0.6 is 7.14 Å². The number of benzene rings is 3. The molecular formula is C21H18NOP. The Morgan fingerprint density at radius 3 is 1.79 bits per heavy atom. The van der Waals surface area contributed by atoms with Gasteiger partial charge in [0.05, 0.1) is 0 Å². The van der Waals surface area contributed by atoms with Gasteiger partial charge >= 0.3 is 0 Å². The Bertz CT molecular complexity index is 992. The maximum absolute atomic E-state index is 14.5. The number of fused-ring (bicyclic) bond motifs is 1. The second-order valence-corrected chi connectivity index (χ2v) is 8.62. The van der Waals surface area contributed by atoms with Crippen molar-refractivity contribution in [1.82, 2.24) is 4.98 Å². The third-order valence-corrected chi connectivity index (χ3v) is 7.67. The Balaban J connectivity index is 2.11. The highest BCUT2D eigenvalue weighted by atomic mass is 31.2. The molecule has 0 radical (unpaired) electrons. The molecule has 1 aromatic heterocycles. The first kappa shape index (κ1) is 15.0. The Kier molecular flexibility index (Phi) is 3.63. The van der Waals surface area contributed by atoms with E-state index in [1.165, 1.54) is 0 Å². The third kappa shape index (κ3) is 2.23.